The van der Waals surface area contributed by atoms with Gasteiger partial charge in [-0.1, -0.05) is 29.8 Å². The molecule has 0 saturated carbocycles. The number of hydrogen-bond donors (Lipinski definition) is 0. The number of halogens is 1. The maximum Gasteiger partial charge on any atom is 0.367 e. The van der Waals surface area contributed by atoms with Crippen LogP contribution in [0.2, 0.25) is 5.02 Å². The van der Waals surface area contributed by atoms with Crippen molar-refractivity contribution in [2.24, 2.45) is 0 Å². The van der Waals surface area contributed by atoms with Crippen LogP contribution in [0.3, 0.4) is 0 Å². The number of hydrogen-bond acceptors (Lipinski definition) is 5. The summed E-state index contributed by atoms with van der Waals surface area (Å²) in [5.74, 6) is 0. The molecule has 0 bridgehead atoms. The Hall–Kier alpha value is -2.90. The van der Waals surface area contributed by atoms with E-state index in [0.717, 1.165) is 43.5 Å². The second-order valence-electron chi connectivity index (χ2n) is 7.28. The van der Waals surface area contributed by atoms with Gasteiger partial charge < -0.3 is 4.90 Å². The summed E-state index contributed by atoms with van der Waals surface area (Å²) in [6.07, 6.45) is 1.66. The van der Waals surface area contributed by atoms with Crippen LogP contribution in [0.1, 0.15) is 0 Å². The van der Waals surface area contributed by atoms with Crippen molar-refractivity contribution in [1.82, 2.24) is 24.3 Å². The van der Waals surface area contributed by atoms with Gasteiger partial charge in [-0.25, -0.2) is 9.48 Å². The molecular formula is C21H21ClN6O. The van der Waals surface area contributed by atoms with Crippen LogP contribution in [-0.4, -0.2) is 57.0 Å². The maximum absolute atomic E-state index is 12.7. The zero-order chi connectivity index (χ0) is 19.8. The Morgan fingerprint density at radius 1 is 0.966 bits per heavy atom. The molecule has 1 aliphatic heterocycles. The van der Waals surface area contributed by atoms with E-state index in [1.54, 1.807) is 12.3 Å². The number of para-hydroxylation sites is 1. The lowest BCUT2D eigenvalue weighted by atomic mass is 10.2. The number of fused-ring (bicyclic) bond motifs is 3. The number of piperazine rings is 1. The van der Waals surface area contributed by atoms with Gasteiger partial charge in [0.2, 0.25) is 0 Å². The average Bonchev–Trinajstić information content (AvgIpc) is 3.09. The average molecular weight is 409 g/mol. The van der Waals surface area contributed by atoms with E-state index < -0.39 is 0 Å². The number of benzene rings is 2. The highest BCUT2D eigenvalue weighted by Crippen LogP contribution is 2.20. The molecular weight excluding hydrogens is 388 g/mol. The van der Waals surface area contributed by atoms with E-state index in [1.165, 1.54) is 14.9 Å². The van der Waals surface area contributed by atoms with Gasteiger partial charge in [-0.3, -0.25) is 4.90 Å². The van der Waals surface area contributed by atoms with E-state index >= 15 is 0 Å². The van der Waals surface area contributed by atoms with Crippen molar-refractivity contribution >= 4 is 33.7 Å². The summed E-state index contributed by atoms with van der Waals surface area (Å²) in [5.41, 5.74) is 1.62. The summed E-state index contributed by atoms with van der Waals surface area (Å²) in [4.78, 5) is 17.5. The van der Waals surface area contributed by atoms with E-state index in [0.29, 0.717) is 17.2 Å². The highest BCUT2D eigenvalue weighted by molar-refractivity contribution is 6.31. The summed E-state index contributed by atoms with van der Waals surface area (Å²) in [5, 5.41) is 11.2. The van der Waals surface area contributed by atoms with E-state index in [-0.39, 0.29) is 5.69 Å². The van der Waals surface area contributed by atoms with Gasteiger partial charge in [0.25, 0.3) is 0 Å². The van der Waals surface area contributed by atoms with Crippen LogP contribution in [0, 0.1) is 0 Å². The largest absolute Gasteiger partial charge is 0.369 e. The van der Waals surface area contributed by atoms with Crippen LogP contribution >= 0.6 is 11.6 Å². The molecule has 2 aromatic carbocycles. The minimum atomic E-state index is -0.209. The number of anilines is 1. The molecule has 5 rings (SSSR count). The minimum absolute atomic E-state index is 0.209. The Kier molecular flexibility index (Phi) is 4.69. The van der Waals surface area contributed by atoms with Crippen molar-refractivity contribution in [2.75, 3.05) is 37.6 Å². The molecule has 0 spiro atoms. The third kappa shape index (κ3) is 3.47. The van der Waals surface area contributed by atoms with Gasteiger partial charge in [0.1, 0.15) is 0 Å². The van der Waals surface area contributed by atoms with Gasteiger partial charge in [-0.05, 0) is 30.3 Å². The molecule has 1 saturated heterocycles. The fraction of sp³-hybridized carbons (Fsp3) is 0.286. The van der Waals surface area contributed by atoms with Crippen LogP contribution in [-0.2, 0) is 6.54 Å². The molecule has 4 aromatic rings. The zero-order valence-corrected chi connectivity index (χ0v) is 16.7. The van der Waals surface area contributed by atoms with Crippen molar-refractivity contribution in [3.63, 3.8) is 0 Å². The van der Waals surface area contributed by atoms with E-state index in [9.17, 15) is 4.79 Å². The monoisotopic (exact) mass is 408 g/mol. The maximum atomic E-state index is 12.7. The van der Waals surface area contributed by atoms with E-state index in [4.69, 9.17) is 11.6 Å². The second kappa shape index (κ2) is 7.50. The molecule has 0 atom stereocenters. The first-order valence-corrected chi connectivity index (χ1v) is 10.1. The molecule has 8 heteroatoms. The summed E-state index contributed by atoms with van der Waals surface area (Å²) in [6.45, 7) is 5.24. The fourth-order valence-corrected chi connectivity index (χ4v) is 4.07. The smallest absolute Gasteiger partial charge is 0.367 e. The SMILES string of the molecule is O=c1n(CCN2CCN(c3ccccc3)CC2)nc2c3ccc(Cl)cc3cnn12. The molecule has 0 amide bonds. The third-order valence-electron chi connectivity index (χ3n) is 5.51. The van der Waals surface area contributed by atoms with Crippen molar-refractivity contribution < 1.29 is 0 Å². The van der Waals surface area contributed by atoms with Gasteiger partial charge in [0.15, 0.2) is 5.65 Å². The predicted molar refractivity (Wildman–Crippen MR) is 115 cm³/mol. The van der Waals surface area contributed by atoms with Crippen LogP contribution in [0.5, 0.6) is 0 Å². The quantitative estimate of drug-likeness (QED) is 0.519. The normalized spacial score (nSPS) is 15.4. The second-order valence-corrected chi connectivity index (χ2v) is 7.72. The molecule has 3 heterocycles. The van der Waals surface area contributed by atoms with E-state index in [1.807, 2.05) is 18.2 Å². The molecule has 1 fully saturated rings. The first-order chi connectivity index (χ1) is 14.2. The Bertz CT molecular complexity index is 1210. The lowest BCUT2D eigenvalue weighted by Gasteiger charge is -2.36. The Balaban J connectivity index is 1.29. The first-order valence-electron chi connectivity index (χ1n) is 9.75. The Morgan fingerprint density at radius 3 is 2.55 bits per heavy atom. The third-order valence-corrected chi connectivity index (χ3v) is 5.74. The Labute approximate surface area is 172 Å². The van der Waals surface area contributed by atoms with Crippen LogP contribution in [0.25, 0.3) is 16.4 Å². The summed E-state index contributed by atoms with van der Waals surface area (Å²) < 4.78 is 2.88. The zero-order valence-electron chi connectivity index (χ0n) is 15.9. The van der Waals surface area contributed by atoms with Crippen LogP contribution in [0.4, 0.5) is 5.69 Å². The molecule has 1 aliphatic rings. The van der Waals surface area contributed by atoms with Crippen molar-refractivity contribution in [2.45, 2.75) is 6.54 Å². The molecule has 29 heavy (non-hydrogen) atoms. The van der Waals surface area contributed by atoms with Crippen molar-refractivity contribution in [3.05, 3.63) is 70.2 Å². The topological polar surface area (TPSA) is 58.7 Å². The lowest BCUT2D eigenvalue weighted by Crippen LogP contribution is -2.47. The predicted octanol–water partition coefficient (Wildman–Crippen LogP) is 2.52. The van der Waals surface area contributed by atoms with Crippen LogP contribution in [0.15, 0.2) is 59.5 Å². The molecule has 0 radical (unpaired) electrons. The molecule has 2 aromatic heterocycles. The van der Waals surface area contributed by atoms with Gasteiger partial charge in [0.05, 0.1) is 12.7 Å². The van der Waals surface area contributed by atoms with Crippen molar-refractivity contribution in [3.8, 4) is 0 Å². The number of aromatic nitrogens is 4. The fourth-order valence-electron chi connectivity index (χ4n) is 3.89. The molecule has 7 nitrogen and oxygen atoms in total. The Morgan fingerprint density at radius 2 is 1.76 bits per heavy atom. The highest BCUT2D eigenvalue weighted by Gasteiger charge is 2.18. The van der Waals surface area contributed by atoms with Gasteiger partial charge >= 0.3 is 5.69 Å². The summed E-state index contributed by atoms with van der Waals surface area (Å²) >= 11 is 6.06. The van der Waals surface area contributed by atoms with Gasteiger partial charge in [0, 0.05) is 54.2 Å². The van der Waals surface area contributed by atoms with Gasteiger partial charge in [-0.15, -0.1) is 5.10 Å². The van der Waals surface area contributed by atoms with E-state index in [2.05, 4.69) is 44.3 Å². The summed E-state index contributed by atoms with van der Waals surface area (Å²) in [6, 6.07) is 16.0. The summed E-state index contributed by atoms with van der Waals surface area (Å²) in [7, 11) is 0. The minimum Gasteiger partial charge on any atom is -0.369 e. The standard InChI is InChI=1S/C21H21ClN6O/c22-17-6-7-19-16(14-17)15-23-28-20(19)24-27(21(28)29)13-10-25-8-11-26(12-9-25)18-4-2-1-3-5-18/h1-7,14-15H,8-13H2. The number of nitrogens with zero attached hydrogens (tertiary/aromatic N) is 6. The lowest BCUT2D eigenvalue weighted by molar-refractivity contribution is 0.243. The molecule has 0 unspecified atom stereocenters. The molecule has 0 aliphatic carbocycles. The number of rotatable bonds is 4. The molecule has 148 valence electrons. The molecule has 0 N–H and O–H groups in total. The highest BCUT2D eigenvalue weighted by atomic mass is 35.5. The van der Waals surface area contributed by atoms with Gasteiger partial charge in [-0.2, -0.15) is 9.61 Å². The first kappa shape index (κ1) is 18.1. The van der Waals surface area contributed by atoms with Crippen LogP contribution < -0.4 is 10.6 Å². The van der Waals surface area contributed by atoms with Crippen molar-refractivity contribution in [1.29, 1.82) is 0 Å².